The summed E-state index contributed by atoms with van der Waals surface area (Å²) in [6.07, 6.45) is -0.454. The summed E-state index contributed by atoms with van der Waals surface area (Å²) in [5.74, 6) is -1.88. The minimum absolute atomic E-state index is 0.135. The summed E-state index contributed by atoms with van der Waals surface area (Å²) in [4.78, 5) is 24.6. The Labute approximate surface area is 143 Å². The zero-order chi connectivity index (χ0) is 18.4. The van der Waals surface area contributed by atoms with Gasteiger partial charge in [0.2, 0.25) is 0 Å². The zero-order valence-electron chi connectivity index (χ0n) is 14.1. The van der Waals surface area contributed by atoms with Crippen molar-refractivity contribution in [2.75, 3.05) is 0 Å². The second-order valence-corrected chi connectivity index (χ2v) is 6.87. The summed E-state index contributed by atoms with van der Waals surface area (Å²) in [7, 11) is 0. The van der Waals surface area contributed by atoms with E-state index >= 15 is 0 Å². The minimum Gasteiger partial charge on any atom is -0.478 e. The normalized spacial score (nSPS) is 13.7. The van der Waals surface area contributed by atoms with Crippen molar-refractivity contribution < 1.29 is 23.8 Å². The number of halogens is 1. The summed E-state index contributed by atoms with van der Waals surface area (Å²) in [5.41, 5.74) is 1.23. The molecule has 25 heavy (non-hydrogen) atoms. The van der Waals surface area contributed by atoms with Crippen molar-refractivity contribution in [2.45, 2.75) is 39.5 Å². The monoisotopic (exact) mass is 347 g/mol. The number of aromatic amines is 1. The molecule has 0 aliphatic carbocycles. The van der Waals surface area contributed by atoms with Gasteiger partial charge in [0.1, 0.15) is 17.1 Å². The molecule has 0 fully saturated rings. The SMILES string of the molecule is CC(C)(C)OC(=O)N1Cc2[nH]nc(-c3ccc(C(=O)O)cc3F)c2C1. The van der Waals surface area contributed by atoms with Crippen LogP contribution in [0.3, 0.4) is 0 Å². The Hall–Kier alpha value is -2.90. The van der Waals surface area contributed by atoms with Crippen molar-refractivity contribution in [1.82, 2.24) is 15.1 Å². The molecule has 2 N–H and O–H groups in total. The standard InChI is InChI=1S/C17H18FN3O4/c1-17(2,3)25-16(24)21-7-11-13(8-21)19-20-14(11)10-5-4-9(15(22)23)6-12(10)18/h4-6H,7-8H2,1-3H3,(H,19,20)(H,22,23). The van der Waals surface area contributed by atoms with Gasteiger partial charge in [-0.1, -0.05) is 0 Å². The molecule has 2 aromatic rings. The molecule has 7 nitrogen and oxygen atoms in total. The molecule has 0 saturated carbocycles. The number of carboxylic acid groups (broad SMARTS) is 1. The van der Waals surface area contributed by atoms with Crippen LogP contribution in [0.2, 0.25) is 0 Å². The summed E-state index contributed by atoms with van der Waals surface area (Å²) in [6, 6.07) is 3.66. The molecule has 0 radical (unpaired) electrons. The number of nitrogens with zero attached hydrogens (tertiary/aromatic N) is 2. The highest BCUT2D eigenvalue weighted by Crippen LogP contribution is 2.33. The van der Waals surface area contributed by atoms with E-state index in [-0.39, 0.29) is 17.7 Å². The third kappa shape index (κ3) is 3.33. The van der Waals surface area contributed by atoms with Crippen LogP contribution in [-0.4, -0.2) is 37.9 Å². The number of carboxylic acids is 1. The van der Waals surface area contributed by atoms with E-state index < -0.39 is 23.5 Å². The van der Waals surface area contributed by atoms with Crippen LogP contribution in [0.1, 0.15) is 42.4 Å². The molecule has 0 unspecified atom stereocenters. The molecule has 1 aromatic heterocycles. The smallest absolute Gasteiger partial charge is 0.410 e. The molecule has 1 amide bonds. The van der Waals surface area contributed by atoms with E-state index in [0.29, 0.717) is 23.5 Å². The Morgan fingerprint density at radius 3 is 2.64 bits per heavy atom. The van der Waals surface area contributed by atoms with Gasteiger partial charge in [-0.15, -0.1) is 0 Å². The minimum atomic E-state index is -1.20. The van der Waals surface area contributed by atoms with E-state index in [0.717, 1.165) is 6.07 Å². The van der Waals surface area contributed by atoms with E-state index in [1.807, 2.05) is 0 Å². The molecule has 0 spiro atoms. The zero-order valence-corrected chi connectivity index (χ0v) is 14.1. The molecule has 3 rings (SSSR count). The Kier molecular flexibility index (Phi) is 3.98. The third-order valence-corrected chi connectivity index (χ3v) is 3.77. The van der Waals surface area contributed by atoms with Gasteiger partial charge in [0.05, 0.1) is 24.3 Å². The maximum atomic E-state index is 14.3. The van der Waals surface area contributed by atoms with Gasteiger partial charge in [-0.2, -0.15) is 5.10 Å². The molecule has 2 heterocycles. The highest BCUT2D eigenvalue weighted by molar-refractivity contribution is 5.88. The number of ether oxygens (including phenoxy) is 1. The van der Waals surface area contributed by atoms with Gasteiger partial charge < -0.3 is 9.84 Å². The van der Waals surface area contributed by atoms with Crippen molar-refractivity contribution in [3.63, 3.8) is 0 Å². The average molecular weight is 347 g/mol. The molecule has 8 heteroatoms. The topological polar surface area (TPSA) is 95.5 Å². The molecule has 1 aliphatic heterocycles. The van der Waals surface area contributed by atoms with Crippen LogP contribution in [0.5, 0.6) is 0 Å². The van der Waals surface area contributed by atoms with Crippen molar-refractivity contribution in [3.05, 3.63) is 40.8 Å². The van der Waals surface area contributed by atoms with Crippen molar-refractivity contribution in [1.29, 1.82) is 0 Å². The lowest BCUT2D eigenvalue weighted by atomic mass is 10.0. The number of benzene rings is 1. The highest BCUT2D eigenvalue weighted by atomic mass is 19.1. The molecule has 1 aromatic carbocycles. The summed E-state index contributed by atoms with van der Waals surface area (Å²) < 4.78 is 19.6. The quantitative estimate of drug-likeness (QED) is 0.870. The number of rotatable bonds is 2. The second kappa shape index (κ2) is 5.87. The van der Waals surface area contributed by atoms with Gasteiger partial charge in [-0.25, -0.2) is 14.0 Å². The van der Waals surface area contributed by atoms with Gasteiger partial charge >= 0.3 is 12.1 Å². The fourth-order valence-electron chi connectivity index (χ4n) is 2.66. The van der Waals surface area contributed by atoms with Crippen molar-refractivity contribution >= 4 is 12.1 Å². The predicted molar refractivity (Wildman–Crippen MR) is 86.4 cm³/mol. The van der Waals surface area contributed by atoms with E-state index in [1.54, 1.807) is 20.8 Å². The molecular formula is C17H18FN3O4. The van der Waals surface area contributed by atoms with E-state index in [4.69, 9.17) is 9.84 Å². The van der Waals surface area contributed by atoms with Crippen LogP contribution in [0.15, 0.2) is 18.2 Å². The number of aromatic carboxylic acids is 1. The summed E-state index contributed by atoms with van der Waals surface area (Å²) in [5, 5.41) is 15.9. The number of fused-ring (bicyclic) bond motifs is 1. The average Bonchev–Trinajstić information content (AvgIpc) is 3.05. The second-order valence-electron chi connectivity index (χ2n) is 6.87. The maximum Gasteiger partial charge on any atom is 0.410 e. The maximum absolute atomic E-state index is 14.3. The lowest BCUT2D eigenvalue weighted by Crippen LogP contribution is -2.33. The fourth-order valence-corrected chi connectivity index (χ4v) is 2.66. The van der Waals surface area contributed by atoms with Gasteiger partial charge in [0.25, 0.3) is 0 Å². The molecule has 1 aliphatic rings. The summed E-state index contributed by atoms with van der Waals surface area (Å²) in [6.45, 7) is 5.90. The number of nitrogens with one attached hydrogen (secondary N) is 1. The highest BCUT2D eigenvalue weighted by Gasteiger charge is 2.32. The van der Waals surface area contributed by atoms with Crippen molar-refractivity contribution in [2.24, 2.45) is 0 Å². The van der Waals surface area contributed by atoms with Crippen LogP contribution in [0.4, 0.5) is 9.18 Å². The Balaban J connectivity index is 1.86. The van der Waals surface area contributed by atoms with Crippen LogP contribution >= 0.6 is 0 Å². The fraction of sp³-hybridized carbons (Fsp3) is 0.353. The van der Waals surface area contributed by atoms with E-state index in [1.165, 1.54) is 17.0 Å². The predicted octanol–water partition coefficient (Wildman–Crippen LogP) is 3.16. The number of hydrogen-bond acceptors (Lipinski definition) is 4. The molecular weight excluding hydrogens is 329 g/mol. The first kappa shape index (κ1) is 16.9. The number of carbonyl (C=O) groups excluding carboxylic acids is 1. The summed E-state index contributed by atoms with van der Waals surface area (Å²) >= 11 is 0. The van der Waals surface area contributed by atoms with Crippen LogP contribution in [-0.2, 0) is 17.8 Å². The van der Waals surface area contributed by atoms with Crippen LogP contribution in [0.25, 0.3) is 11.3 Å². The van der Waals surface area contributed by atoms with Gasteiger partial charge in [-0.3, -0.25) is 10.00 Å². The first-order chi connectivity index (χ1) is 11.7. The number of hydrogen-bond donors (Lipinski definition) is 2. The molecule has 0 atom stereocenters. The van der Waals surface area contributed by atoms with Gasteiger partial charge in [0, 0.05) is 11.1 Å². The Morgan fingerprint density at radius 2 is 2.04 bits per heavy atom. The molecule has 0 bridgehead atoms. The first-order valence-electron chi connectivity index (χ1n) is 7.73. The van der Waals surface area contributed by atoms with Crippen molar-refractivity contribution in [3.8, 4) is 11.3 Å². The lowest BCUT2D eigenvalue weighted by Gasteiger charge is -2.24. The Bertz CT molecular complexity index is 854. The van der Waals surface area contributed by atoms with Gasteiger partial charge in [-0.05, 0) is 39.0 Å². The largest absolute Gasteiger partial charge is 0.478 e. The molecule has 132 valence electrons. The number of H-pyrrole nitrogens is 1. The lowest BCUT2D eigenvalue weighted by molar-refractivity contribution is 0.0239. The molecule has 0 saturated heterocycles. The van der Waals surface area contributed by atoms with Crippen LogP contribution < -0.4 is 0 Å². The first-order valence-corrected chi connectivity index (χ1v) is 7.73. The van der Waals surface area contributed by atoms with Gasteiger partial charge in [0.15, 0.2) is 0 Å². The van der Waals surface area contributed by atoms with E-state index in [2.05, 4.69) is 10.2 Å². The van der Waals surface area contributed by atoms with Crippen LogP contribution in [0, 0.1) is 5.82 Å². The number of carbonyl (C=O) groups is 2. The third-order valence-electron chi connectivity index (χ3n) is 3.77. The Morgan fingerprint density at radius 1 is 1.32 bits per heavy atom. The van der Waals surface area contributed by atoms with E-state index in [9.17, 15) is 14.0 Å². The number of amides is 1. The number of aromatic nitrogens is 2.